The van der Waals surface area contributed by atoms with Crippen LogP contribution >= 0.6 is 0 Å². The molecule has 0 aliphatic carbocycles. The van der Waals surface area contributed by atoms with Crippen LogP contribution in [0.5, 0.6) is 5.75 Å². The third-order valence-electron chi connectivity index (χ3n) is 3.40. The van der Waals surface area contributed by atoms with Crippen molar-refractivity contribution in [1.29, 1.82) is 0 Å². The molecule has 1 atom stereocenters. The molecule has 4 nitrogen and oxygen atoms in total. The third-order valence-corrected chi connectivity index (χ3v) is 3.40. The molecule has 1 heterocycles. The molecule has 4 heteroatoms. The van der Waals surface area contributed by atoms with Crippen molar-refractivity contribution >= 4 is 5.69 Å². The minimum Gasteiger partial charge on any atom is -0.490 e. The fourth-order valence-electron chi connectivity index (χ4n) is 2.21. The highest BCUT2D eigenvalue weighted by Gasteiger charge is 2.19. The van der Waals surface area contributed by atoms with Gasteiger partial charge in [0, 0.05) is 24.3 Å². The van der Waals surface area contributed by atoms with Gasteiger partial charge >= 0.3 is 0 Å². The minimum atomic E-state index is 0.143. The quantitative estimate of drug-likeness (QED) is 0.828. The fraction of sp³-hybridized carbons (Fsp3) is 0.571. The summed E-state index contributed by atoms with van der Waals surface area (Å²) in [5.41, 5.74) is 8.81. The van der Waals surface area contributed by atoms with Gasteiger partial charge in [0.25, 0.3) is 0 Å². The molecule has 1 unspecified atom stereocenters. The second-order valence-electron chi connectivity index (χ2n) is 4.99. The molecule has 0 saturated carbocycles. The topological polar surface area (TPSA) is 47.7 Å². The summed E-state index contributed by atoms with van der Waals surface area (Å²) in [5.74, 6) is 0.895. The van der Waals surface area contributed by atoms with Gasteiger partial charge in [-0.2, -0.15) is 0 Å². The molecule has 0 amide bonds. The van der Waals surface area contributed by atoms with E-state index in [-0.39, 0.29) is 6.10 Å². The standard InChI is InChI=1S/C14H22N2O2/c1-10-4-5-13(15)11(2)14(10)18-9-12-8-16(3)6-7-17-12/h4-5,12H,6-9,15H2,1-3H3. The lowest BCUT2D eigenvalue weighted by molar-refractivity contribution is -0.0405. The van der Waals surface area contributed by atoms with Crippen molar-refractivity contribution in [2.45, 2.75) is 20.0 Å². The Balaban J connectivity index is 1.99. The predicted octanol–water partition coefficient (Wildman–Crippen LogP) is 1.60. The van der Waals surface area contributed by atoms with Crippen molar-refractivity contribution in [3.8, 4) is 5.75 Å². The van der Waals surface area contributed by atoms with Crippen LogP contribution in [0.15, 0.2) is 12.1 Å². The third kappa shape index (κ3) is 2.94. The van der Waals surface area contributed by atoms with Crippen LogP contribution in [0.4, 0.5) is 5.69 Å². The molecule has 0 aromatic heterocycles. The molecule has 0 spiro atoms. The Morgan fingerprint density at radius 1 is 1.44 bits per heavy atom. The average Bonchev–Trinajstić information content (AvgIpc) is 2.34. The number of morpholine rings is 1. The molecule has 1 aromatic carbocycles. The van der Waals surface area contributed by atoms with Gasteiger partial charge in [0.05, 0.1) is 6.61 Å². The van der Waals surface area contributed by atoms with Crippen molar-refractivity contribution in [3.63, 3.8) is 0 Å². The van der Waals surface area contributed by atoms with Crippen molar-refractivity contribution in [2.24, 2.45) is 0 Å². The number of nitrogens with zero attached hydrogens (tertiary/aromatic N) is 1. The number of anilines is 1. The molecular formula is C14H22N2O2. The fourth-order valence-corrected chi connectivity index (χ4v) is 2.21. The summed E-state index contributed by atoms with van der Waals surface area (Å²) >= 11 is 0. The lowest BCUT2D eigenvalue weighted by Crippen LogP contribution is -2.42. The Morgan fingerprint density at radius 2 is 2.22 bits per heavy atom. The van der Waals surface area contributed by atoms with Crippen molar-refractivity contribution in [1.82, 2.24) is 4.90 Å². The molecule has 2 rings (SSSR count). The molecule has 1 aliphatic heterocycles. The van der Waals surface area contributed by atoms with Gasteiger partial charge in [0.15, 0.2) is 0 Å². The molecular weight excluding hydrogens is 228 g/mol. The highest BCUT2D eigenvalue weighted by Crippen LogP contribution is 2.27. The number of ether oxygens (including phenoxy) is 2. The molecule has 1 aliphatic rings. The van der Waals surface area contributed by atoms with E-state index in [1.165, 1.54) is 0 Å². The Hall–Kier alpha value is -1.26. The van der Waals surface area contributed by atoms with Crippen LogP contribution in [0, 0.1) is 13.8 Å². The van der Waals surface area contributed by atoms with Gasteiger partial charge < -0.3 is 20.1 Å². The van der Waals surface area contributed by atoms with Crippen LogP contribution in [0.1, 0.15) is 11.1 Å². The number of hydrogen-bond acceptors (Lipinski definition) is 4. The molecule has 1 fully saturated rings. The zero-order valence-electron chi connectivity index (χ0n) is 11.4. The molecule has 0 bridgehead atoms. The largest absolute Gasteiger partial charge is 0.490 e. The maximum Gasteiger partial charge on any atom is 0.127 e. The first-order chi connectivity index (χ1) is 8.58. The van der Waals surface area contributed by atoms with Crippen LogP contribution in [-0.2, 0) is 4.74 Å². The Kier molecular flexibility index (Phi) is 4.09. The van der Waals surface area contributed by atoms with E-state index in [2.05, 4.69) is 11.9 Å². The summed E-state index contributed by atoms with van der Waals surface area (Å²) < 4.78 is 11.6. The first-order valence-corrected chi connectivity index (χ1v) is 6.36. The summed E-state index contributed by atoms with van der Waals surface area (Å²) in [6.45, 7) is 7.29. The second kappa shape index (κ2) is 5.59. The smallest absolute Gasteiger partial charge is 0.127 e. The average molecular weight is 250 g/mol. The van der Waals surface area contributed by atoms with Crippen LogP contribution in [0.25, 0.3) is 0 Å². The van der Waals surface area contributed by atoms with E-state index in [4.69, 9.17) is 15.2 Å². The Morgan fingerprint density at radius 3 is 2.94 bits per heavy atom. The van der Waals surface area contributed by atoms with E-state index in [9.17, 15) is 0 Å². The summed E-state index contributed by atoms with van der Waals surface area (Å²) in [5, 5.41) is 0. The Labute approximate surface area is 109 Å². The number of benzene rings is 1. The number of nitrogen functional groups attached to an aromatic ring is 1. The van der Waals surface area contributed by atoms with E-state index in [1.807, 2.05) is 26.0 Å². The zero-order chi connectivity index (χ0) is 13.1. The van der Waals surface area contributed by atoms with E-state index < -0.39 is 0 Å². The first kappa shape index (κ1) is 13.2. The highest BCUT2D eigenvalue weighted by atomic mass is 16.5. The zero-order valence-corrected chi connectivity index (χ0v) is 11.4. The van der Waals surface area contributed by atoms with E-state index in [0.717, 1.165) is 42.3 Å². The van der Waals surface area contributed by atoms with Gasteiger partial charge in [-0.25, -0.2) is 0 Å². The molecule has 0 radical (unpaired) electrons. The number of hydrogen-bond donors (Lipinski definition) is 1. The molecule has 1 saturated heterocycles. The van der Waals surface area contributed by atoms with Gasteiger partial charge in [0.1, 0.15) is 18.5 Å². The molecule has 2 N–H and O–H groups in total. The summed E-state index contributed by atoms with van der Waals surface area (Å²) in [7, 11) is 2.10. The number of nitrogens with two attached hydrogens (primary N) is 1. The van der Waals surface area contributed by atoms with Gasteiger partial charge in [-0.15, -0.1) is 0 Å². The van der Waals surface area contributed by atoms with Gasteiger partial charge in [-0.3, -0.25) is 0 Å². The van der Waals surface area contributed by atoms with Crippen LogP contribution in [0.2, 0.25) is 0 Å². The lowest BCUT2D eigenvalue weighted by atomic mass is 10.1. The van der Waals surface area contributed by atoms with Crippen LogP contribution in [0.3, 0.4) is 0 Å². The molecule has 100 valence electrons. The first-order valence-electron chi connectivity index (χ1n) is 6.36. The van der Waals surface area contributed by atoms with Gasteiger partial charge in [-0.05, 0) is 32.5 Å². The van der Waals surface area contributed by atoms with Crippen LogP contribution in [-0.4, -0.2) is 44.4 Å². The maximum absolute atomic E-state index is 5.90. The van der Waals surface area contributed by atoms with Gasteiger partial charge in [0.2, 0.25) is 0 Å². The predicted molar refractivity (Wildman–Crippen MR) is 73.1 cm³/mol. The molecule has 1 aromatic rings. The maximum atomic E-state index is 5.90. The monoisotopic (exact) mass is 250 g/mol. The summed E-state index contributed by atoms with van der Waals surface area (Å²) in [6, 6.07) is 3.91. The van der Waals surface area contributed by atoms with E-state index >= 15 is 0 Å². The van der Waals surface area contributed by atoms with E-state index in [0.29, 0.717) is 6.61 Å². The van der Waals surface area contributed by atoms with Gasteiger partial charge in [-0.1, -0.05) is 6.07 Å². The second-order valence-corrected chi connectivity index (χ2v) is 4.99. The minimum absolute atomic E-state index is 0.143. The number of rotatable bonds is 3. The van der Waals surface area contributed by atoms with Crippen molar-refractivity contribution in [2.75, 3.05) is 39.1 Å². The SMILES string of the molecule is Cc1ccc(N)c(C)c1OCC1CN(C)CCO1. The van der Waals surface area contributed by atoms with Crippen molar-refractivity contribution in [3.05, 3.63) is 23.3 Å². The van der Waals surface area contributed by atoms with Crippen molar-refractivity contribution < 1.29 is 9.47 Å². The lowest BCUT2D eigenvalue weighted by Gasteiger charge is -2.30. The number of aryl methyl sites for hydroxylation is 1. The number of likely N-dealkylation sites (N-methyl/N-ethyl adjacent to an activating group) is 1. The van der Waals surface area contributed by atoms with Crippen LogP contribution < -0.4 is 10.5 Å². The normalized spacial score (nSPS) is 20.9. The summed E-state index contributed by atoms with van der Waals surface area (Å²) in [6.07, 6.45) is 0.143. The van der Waals surface area contributed by atoms with E-state index in [1.54, 1.807) is 0 Å². The molecule has 18 heavy (non-hydrogen) atoms. The summed E-state index contributed by atoms with van der Waals surface area (Å²) in [4.78, 5) is 2.26. The highest BCUT2D eigenvalue weighted by molar-refractivity contribution is 5.56. The Bertz CT molecular complexity index is 421.